The van der Waals surface area contributed by atoms with Crippen LogP contribution >= 0.6 is 0 Å². The van der Waals surface area contributed by atoms with Gasteiger partial charge in [-0.05, 0) is 56.5 Å². The second-order valence-corrected chi connectivity index (χ2v) is 10.4. The number of amides is 1. The molecule has 1 atom stereocenters. The van der Waals surface area contributed by atoms with Crippen molar-refractivity contribution in [1.82, 2.24) is 25.4 Å². The van der Waals surface area contributed by atoms with Crippen molar-refractivity contribution < 1.29 is 14.3 Å². The topological polar surface area (TPSA) is 103 Å². The van der Waals surface area contributed by atoms with E-state index in [4.69, 9.17) is 9.47 Å². The van der Waals surface area contributed by atoms with Gasteiger partial charge in [0.15, 0.2) is 0 Å². The van der Waals surface area contributed by atoms with Crippen LogP contribution in [0.25, 0.3) is 0 Å². The second kappa shape index (κ2) is 12.5. The van der Waals surface area contributed by atoms with E-state index in [9.17, 15) is 10.1 Å². The summed E-state index contributed by atoms with van der Waals surface area (Å²) in [5.74, 6) is 0.508. The number of hydrogen-bond acceptors (Lipinski definition) is 8. The predicted molar refractivity (Wildman–Crippen MR) is 150 cm³/mol. The highest BCUT2D eigenvalue weighted by Crippen LogP contribution is 2.51. The number of carbonyl (C=O) groups excluding carboxylic acids is 1. The van der Waals surface area contributed by atoms with Gasteiger partial charge in [0.1, 0.15) is 17.4 Å². The van der Waals surface area contributed by atoms with Gasteiger partial charge in [0.25, 0.3) is 5.91 Å². The van der Waals surface area contributed by atoms with E-state index < -0.39 is 0 Å². The number of carbonyl (C=O) groups is 1. The first-order valence-corrected chi connectivity index (χ1v) is 13.6. The SMILES string of the molecule is CCOc1cc(C(C)N2CC3(CCC3)c3c(COC)cc(CN(/C=C\NC)CNC)cc3C2=O)ncc1C#N. The molecule has 0 radical (unpaired) electrons. The maximum Gasteiger partial charge on any atom is 0.254 e. The molecule has 1 saturated carbocycles. The first kappa shape index (κ1) is 28.4. The molecule has 2 aliphatic rings. The number of nitrogens with one attached hydrogen (secondary N) is 2. The summed E-state index contributed by atoms with van der Waals surface area (Å²) in [4.78, 5) is 22.9. The summed E-state index contributed by atoms with van der Waals surface area (Å²) in [6.07, 6.45) is 8.65. The third-order valence-corrected chi connectivity index (χ3v) is 7.79. The number of fused-ring (bicyclic) bond motifs is 2. The molecule has 1 fully saturated rings. The van der Waals surface area contributed by atoms with Gasteiger partial charge in [0.05, 0.1) is 31.6 Å². The van der Waals surface area contributed by atoms with Gasteiger partial charge in [0, 0.05) is 62.9 Å². The van der Waals surface area contributed by atoms with E-state index in [0.29, 0.717) is 44.3 Å². The Morgan fingerprint density at radius 3 is 2.72 bits per heavy atom. The fourth-order valence-corrected chi connectivity index (χ4v) is 5.86. The number of methoxy groups -OCH3 is 1. The van der Waals surface area contributed by atoms with E-state index in [1.807, 2.05) is 45.2 Å². The van der Waals surface area contributed by atoms with Crippen molar-refractivity contribution >= 4 is 5.91 Å². The average Bonchev–Trinajstić information content (AvgIpc) is 2.91. The van der Waals surface area contributed by atoms with E-state index in [1.54, 1.807) is 19.4 Å². The summed E-state index contributed by atoms with van der Waals surface area (Å²) >= 11 is 0. The van der Waals surface area contributed by atoms with Crippen molar-refractivity contribution in [2.45, 2.75) is 57.7 Å². The second-order valence-electron chi connectivity index (χ2n) is 10.4. The zero-order valence-electron chi connectivity index (χ0n) is 23.7. The van der Waals surface area contributed by atoms with Gasteiger partial charge in [-0.1, -0.05) is 12.5 Å². The lowest BCUT2D eigenvalue weighted by Gasteiger charge is -2.52. The van der Waals surface area contributed by atoms with Gasteiger partial charge in [-0.3, -0.25) is 9.78 Å². The van der Waals surface area contributed by atoms with Crippen LogP contribution in [0.2, 0.25) is 0 Å². The summed E-state index contributed by atoms with van der Waals surface area (Å²) in [6, 6.07) is 7.96. The molecule has 2 heterocycles. The standard InChI is InChI=1S/C30H40N6O3/c1-6-39-27-14-26(34-16-24(27)15-31)21(2)36-19-30(8-7-9-30)28-23(18-38-5)12-22(13-25(28)29(36)37)17-35(20-33-4)11-10-32-3/h10-14,16,21,32-33H,6-9,17-20H2,1-5H3/b11-10-. The number of aromatic nitrogens is 1. The monoisotopic (exact) mass is 532 g/mol. The lowest BCUT2D eigenvalue weighted by atomic mass is 9.60. The van der Waals surface area contributed by atoms with Crippen molar-refractivity contribution in [2.24, 2.45) is 0 Å². The Kier molecular flexibility index (Phi) is 9.10. The van der Waals surface area contributed by atoms with E-state index >= 15 is 0 Å². The van der Waals surface area contributed by atoms with Crippen molar-refractivity contribution in [1.29, 1.82) is 5.26 Å². The first-order chi connectivity index (χ1) is 18.9. The normalized spacial score (nSPS) is 16.5. The summed E-state index contributed by atoms with van der Waals surface area (Å²) in [5, 5.41) is 15.7. The van der Waals surface area contributed by atoms with Crippen LogP contribution < -0.4 is 15.4 Å². The van der Waals surface area contributed by atoms with Gasteiger partial charge in [-0.15, -0.1) is 0 Å². The van der Waals surface area contributed by atoms with Crippen molar-refractivity contribution in [3.05, 3.63) is 70.3 Å². The van der Waals surface area contributed by atoms with E-state index in [0.717, 1.165) is 47.2 Å². The van der Waals surface area contributed by atoms with Crippen LogP contribution in [-0.2, 0) is 23.3 Å². The fourth-order valence-electron chi connectivity index (χ4n) is 5.86. The smallest absolute Gasteiger partial charge is 0.254 e. The van der Waals surface area contributed by atoms with Gasteiger partial charge in [0.2, 0.25) is 0 Å². The van der Waals surface area contributed by atoms with Crippen LogP contribution in [0.3, 0.4) is 0 Å². The summed E-state index contributed by atoms with van der Waals surface area (Å²) in [5.41, 5.74) is 5.10. The third-order valence-electron chi connectivity index (χ3n) is 7.79. The Bertz CT molecular complexity index is 1250. The molecule has 9 heteroatoms. The molecule has 1 amide bonds. The number of nitrogens with zero attached hydrogens (tertiary/aromatic N) is 4. The molecule has 2 aromatic rings. The average molecular weight is 533 g/mol. The lowest BCUT2D eigenvalue weighted by Crippen LogP contribution is -2.54. The molecule has 0 saturated heterocycles. The molecule has 1 aliphatic heterocycles. The Labute approximate surface area is 231 Å². The van der Waals surface area contributed by atoms with Gasteiger partial charge < -0.3 is 29.9 Å². The number of rotatable bonds is 12. The van der Waals surface area contributed by atoms with E-state index in [2.05, 4.69) is 38.7 Å². The van der Waals surface area contributed by atoms with Crippen LogP contribution in [-0.4, -0.2) is 61.7 Å². The van der Waals surface area contributed by atoms with Crippen molar-refractivity contribution in [3.63, 3.8) is 0 Å². The Morgan fingerprint density at radius 2 is 2.10 bits per heavy atom. The number of pyridine rings is 1. The molecule has 1 aliphatic carbocycles. The highest BCUT2D eigenvalue weighted by atomic mass is 16.5. The molecule has 39 heavy (non-hydrogen) atoms. The third kappa shape index (κ3) is 5.72. The van der Waals surface area contributed by atoms with E-state index in [-0.39, 0.29) is 17.4 Å². The highest BCUT2D eigenvalue weighted by molar-refractivity contribution is 5.98. The first-order valence-electron chi connectivity index (χ1n) is 13.6. The molecule has 1 aromatic heterocycles. The minimum atomic E-state index is -0.274. The molecule has 1 unspecified atom stereocenters. The maximum absolute atomic E-state index is 14.2. The van der Waals surface area contributed by atoms with E-state index in [1.165, 1.54) is 0 Å². The summed E-state index contributed by atoms with van der Waals surface area (Å²) < 4.78 is 11.3. The Hall–Kier alpha value is -3.61. The molecular formula is C30H40N6O3. The number of ether oxygens (including phenoxy) is 2. The maximum atomic E-state index is 14.2. The lowest BCUT2D eigenvalue weighted by molar-refractivity contribution is 0.0478. The fraction of sp³-hybridized carbons (Fsp3) is 0.500. The molecule has 208 valence electrons. The van der Waals surface area contributed by atoms with Crippen molar-refractivity contribution in [3.8, 4) is 11.8 Å². The largest absolute Gasteiger partial charge is 0.492 e. The predicted octanol–water partition coefficient (Wildman–Crippen LogP) is 3.81. The van der Waals surface area contributed by atoms with Gasteiger partial charge in [-0.2, -0.15) is 5.26 Å². The van der Waals surface area contributed by atoms with Crippen LogP contribution in [0.15, 0.2) is 36.8 Å². The zero-order valence-corrected chi connectivity index (χ0v) is 23.7. The van der Waals surface area contributed by atoms with Crippen LogP contribution in [0.5, 0.6) is 5.75 Å². The molecule has 2 N–H and O–H groups in total. The Balaban J connectivity index is 1.76. The number of hydrogen-bond donors (Lipinski definition) is 2. The summed E-state index contributed by atoms with van der Waals surface area (Å²) in [6.45, 7) is 6.77. The Morgan fingerprint density at radius 1 is 1.31 bits per heavy atom. The molecule has 0 bridgehead atoms. The van der Waals surface area contributed by atoms with Gasteiger partial charge >= 0.3 is 0 Å². The highest BCUT2D eigenvalue weighted by Gasteiger charge is 2.49. The summed E-state index contributed by atoms with van der Waals surface area (Å²) in [7, 11) is 5.50. The number of nitriles is 1. The molecule has 1 aromatic carbocycles. The molecule has 1 spiro atoms. The van der Waals surface area contributed by atoms with Crippen LogP contribution in [0.4, 0.5) is 0 Å². The number of benzene rings is 1. The molecule has 4 rings (SSSR count). The van der Waals surface area contributed by atoms with Crippen LogP contribution in [0.1, 0.15) is 77.5 Å². The quantitative estimate of drug-likeness (QED) is 0.398. The zero-order chi connectivity index (χ0) is 28.0. The van der Waals surface area contributed by atoms with Crippen LogP contribution in [0, 0.1) is 11.3 Å². The minimum Gasteiger partial charge on any atom is -0.492 e. The molecule has 9 nitrogen and oxygen atoms in total. The van der Waals surface area contributed by atoms with Crippen molar-refractivity contribution in [2.75, 3.05) is 41.0 Å². The minimum absolute atomic E-state index is 0.00396. The van der Waals surface area contributed by atoms with Gasteiger partial charge in [-0.25, -0.2) is 0 Å². The molecular weight excluding hydrogens is 492 g/mol.